The van der Waals surface area contributed by atoms with E-state index < -0.39 is 5.60 Å². The van der Waals surface area contributed by atoms with Crippen LogP contribution in [0.2, 0.25) is 0 Å². The van der Waals surface area contributed by atoms with Crippen molar-refractivity contribution in [1.82, 2.24) is 0 Å². The fraction of sp³-hybridized carbons (Fsp3) is 0.500. The van der Waals surface area contributed by atoms with Gasteiger partial charge in [-0.1, -0.05) is 6.07 Å². The Bertz CT molecular complexity index is 408. The van der Waals surface area contributed by atoms with Crippen molar-refractivity contribution in [2.24, 2.45) is 0 Å². The second-order valence-electron chi connectivity index (χ2n) is 4.58. The molecule has 0 radical (unpaired) electrons. The summed E-state index contributed by atoms with van der Waals surface area (Å²) in [5.41, 5.74) is 1.38. The van der Waals surface area contributed by atoms with E-state index in [4.69, 9.17) is 9.47 Å². The first-order valence-electron chi connectivity index (χ1n) is 5.80. The van der Waals surface area contributed by atoms with Gasteiger partial charge in [0.15, 0.2) is 5.60 Å². The standard InChI is InChI=1S/C14H20O3/c1-6-16-13(15)14(4,5)17-12-8-7-10(2)11(3)9-12/h7-9H,6H2,1-5H3. The molecular weight excluding hydrogens is 216 g/mol. The van der Waals surface area contributed by atoms with Gasteiger partial charge in [0, 0.05) is 0 Å². The number of hydrogen-bond donors (Lipinski definition) is 0. The summed E-state index contributed by atoms with van der Waals surface area (Å²) in [6, 6.07) is 5.77. The zero-order valence-corrected chi connectivity index (χ0v) is 11.2. The minimum absolute atomic E-state index is 0.349. The van der Waals surface area contributed by atoms with Crippen LogP contribution in [0.5, 0.6) is 5.75 Å². The maximum Gasteiger partial charge on any atom is 0.349 e. The molecule has 3 heteroatoms. The van der Waals surface area contributed by atoms with Crippen LogP contribution in [-0.4, -0.2) is 18.2 Å². The predicted molar refractivity (Wildman–Crippen MR) is 67.3 cm³/mol. The van der Waals surface area contributed by atoms with E-state index in [1.165, 1.54) is 5.56 Å². The van der Waals surface area contributed by atoms with Gasteiger partial charge in [-0.2, -0.15) is 0 Å². The summed E-state index contributed by atoms with van der Waals surface area (Å²) in [5, 5.41) is 0. The SMILES string of the molecule is CCOC(=O)C(C)(C)Oc1ccc(C)c(C)c1. The molecule has 0 saturated carbocycles. The second kappa shape index (κ2) is 5.21. The van der Waals surface area contributed by atoms with Crippen molar-refractivity contribution < 1.29 is 14.3 Å². The topological polar surface area (TPSA) is 35.5 Å². The van der Waals surface area contributed by atoms with Gasteiger partial charge in [-0.3, -0.25) is 0 Å². The Hall–Kier alpha value is -1.51. The van der Waals surface area contributed by atoms with Crippen LogP contribution >= 0.6 is 0 Å². The normalized spacial score (nSPS) is 11.1. The quantitative estimate of drug-likeness (QED) is 0.754. The van der Waals surface area contributed by atoms with Crippen molar-refractivity contribution in [2.45, 2.75) is 40.2 Å². The summed E-state index contributed by atoms with van der Waals surface area (Å²) in [6.07, 6.45) is 0. The van der Waals surface area contributed by atoms with E-state index in [9.17, 15) is 4.79 Å². The Balaban J connectivity index is 2.82. The second-order valence-corrected chi connectivity index (χ2v) is 4.58. The number of ether oxygens (including phenoxy) is 2. The van der Waals surface area contributed by atoms with Crippen LogP contribution in [0.3, 0.4) is 0 Å². The van der Waals surface area contributed by atoms with Gasteiger partial charge in [-0.15, -0.1) is 0 Å². The van der Waals surface area contributed by atoms with Gasteiger partial charge >= 0.3 is 5.97 Å². The highest BCUT2D eigenvalue weighted by atomic mass is 16.6. The van der Waals surface area contributed by atoms with Gasteiger partial charge in [0.05, 0.1) is 6.61 Å². The summed E-state index contributed by atoms with van der Waals surface area (Å²) in [6.45, 7) is 9.61. The lowest BCUT2D eigenvalue weighted by atomic mass is 10.1. The van der Waals surface area contributed by atoms with Crippen LogP contribution in [0.25, 0.3) is 0 Å². The maximum absolute atomic E-state index is 11.7. The van der Waals surface area contributed by atoms with Crippen LogP contribution in [0.1, 0.15) is 31.9 Å². The zero-order valence-electron chi connectivity index (χ0n) is 11.2. The number of carbonyl (C=O) groups excluding carboxylic acids is 1. The highest BCUT2D eigenvalue weighted by molar-refractivity contribution is 5.79. The van der Waals surface area contributed by atoms with E-state index in [1.54, 1.807) is 20.8 Å². The monoisotopic (exact) mass is 236 g/mol. The largest absolute Gasteiger partial charge is 0.476 e. The number of esters is 1. The Morgan fingerprint density at radius 3 is 2.41 bits per heavy atom. The molecule has 3 nitrogen and oxygen atoms in total. The number of carbonyl (C=O) groups is 1. The Labute approximate surface area is 103 Å². The molecule has 0 bridgehead atoms. The molecule has 1 aromatic rings. The van der Waals surface area contributed by atoms with Gasteiger partial charge < -0.3 is 9.47 Å². The summed E-state index contributed by atoms with van der Waals surface area (Å²) >= 11 is 0. The zero-order chi connectivity index (χ0) is 13.1. The molecule has 94 valence electrons. The van der Waals surface area contributed by atoms with E-state index in [1.807, 2.05) is 32.0 Å². The third-order valence-corrected chi connectivity index (χ3v) is 2.62. The Kier molecular flexibility index (Phi) is 4.16. The van der Waals surface area contributed by atoms with Gasteiger partial charge in [0.1, 0.15) is 5.75 Å². The minimum atomic E-state index is -0.961. The molecular formula is C14H20O3. The molecule has 1 rings (SSSR count). The van der Waals surface area contributed by atoms with Gasteiger partial charge in [-0.25, -0.2) is 4.79 Å². The number of aryl methyl sites for hydroxylation is 2. The molecule has 0 unspecified atom stereocenters. The van der Waals surface area contributed by atoms with E-state index >= 15 is 0 Å². The van der Waals surface area contributed by atoms with E-state index in [0.29, 0.717) is 12.4 Å². The van der Waals surface area contributed by atoms with Crippen molar-refractivity contribution >= 4 is 5.97 Å². The highest BCUT2D eigenvalue weighted by Gasteiger charge is 2.31. The molecule has 17 heavy (non-hydrogen) atoms. The molecule has 1 aromatic carbocycles. The van der Waals surface area contributed by atoms with E-state index in [0.717, 1.165) is 5.56 Å². The number of hydrogen-bond acceptors (Lipinski definition) is 3. The molecule has 0 heterocycles. The molecule has 0 spiro atoms. The van der Waals surface area contributed by atoms with E-state index in [-0.39, 0.29) is 5.97 Å². The summed E-state index contributed by atoms with van der Waals surface area (Å²) in [4.78, 5) is 11.7. The van der Waals surface area contributed by atoms with Crippen LogP contribution in [0.4, 0.5) is 0 Å². The molecule has 0 aliphatic carbocycles. The van der Waals surface area contributed by atoms with E-state index in [2.05, 4.69) is 0 Å². The molecule has 0 aromatic heterocycles. The van der Waals surface area contributed by atoms with Crippen LogP contribution < -0.4 is 4.74 Å². The van der Waals surface area contributed by atoms with Crippen LogP contribution in [0.15, 0.2) is 18.2 Å². The van der Waals surface area contributed by atoms with Crippen LogP contribution in [-0.2, 0) is 9.53 Å². The first kappa shape index (κ1) is 13.6. The van der Waals surface area contributed by atoms with Crippen molar-refractivity contribution in [3.8, 4) is 5.75 Å². The average molecular weight is 236 g/mol. The first-order chi connectivity index (χ1) is 7.86. The van der Waals surface area contributed by atoms with Crippen molar-refractivity contribution in [3.05, 3.63) is 29.3 Å². The van der Waals surface area contributed by atoms with Crippen molar-refractivity contribution in [2.75, 3.05) is 6.61 Å². The number of benzene rings is 1. The molecule has 0 atom stereocenters. The van der Waals surface area contributed by atoms with Gasteiger partial charge in [0.2, 0.25) is 0 Å². The molecule has 0 aliphatic heterocycles. The molecule has 0 N–H and O–H groups in total. The average Bonchev–Trinajstić information content (AvgIpc) is 2.23. The molecule has 0 saturated heterocycles. The summed E-state index contributed by atoms with van der Waals surface area (Å²) in [7, 11) is 0. The van der Waals surface area contributed by atoms with Crippen molar-refractivity contribution in [1.29, 1.82) is 0 Å². The molecule has 0 amide bonds. The Morgan fingerprint density at radius 2 is 1.88 bits per heavy atom. The lowest BCUT2D eigenvalue weighted by Gasteiger charge is -2.24. The third-order valence-electron chi connectivity index (χ3n) is 2.62. The van der Waals surface area contributed by atoms with Crippen LogP contribution in [0, 0.1) is 13.8 Å². The Morgan fingerprint density at radius 1 is 1.24 bits per heavy atom. The number of rotatable bonds is 4. The molecule has 0 aliphatic rings. The van der Waals surface area contributed by atoms with Gasteiger partial charge in [-0.05, 0) is 57.9 Å². The fourth-order valence-electron chi connectivity index (χ4n) is 1.42. The summed E-state index contributed by atoms with van der Waals surface area (Å²) in [5.74, 6) is 0.337. The summed E-state index contributed by atoms with van der Waals surface area (Å²) < 4.78 is 10.6. The third kappa shape index (κ3) is 3.48. The minimum Gasteiger partial charge on any atom is -0.476 e. The van der Waals surface area contributed by atoms with Gasteiger partial charge in [0.25, 0.3) is 0 Å². The highest BCUT2D eigenvalue weighted by Crippen LogP contribution is 2.22. The smallest absolute Gasteiger partial charge is 0.349 e. The first-order valence-corrected chi connectivity index (χ1v) is 5.80. The fourth-order valence-corrected chi connectivity index (χ4v) is 1.42. The molecule has 0 fully saturated rings. The maximum atomic E-state index is 11.7. The van der Waals surface area contributed by atoms with Crippen molar-refractivity contribution in [3.63, 3.8) is 0 Å². The lowest BCUT2D eigenvalue weighted by Crippen LogP contribution is -2.39. The predicted octanol–water partition coefficient (Wildman–Crippen LogP) is 3.02. The lowest BCUT2D eigenvalue weighted by molar-refractivity contribution is -0.158.